The molecular formula is C16H29NO. The predicted octanol–water partition coefficient (Wildman–Crippen LogP) is 4.18. The number of carbonyl (C=O) groups is 1. The summed E-state index contributed by atoms with van der Waals surface area (Å²) in [6.45, 7) is 13.9. The molecule has 0 atom stereocenters. The molecule has 0 aliphatic heterocycles. The highest BCUT2D eigenvalue weighted by Crippen LogP contribution is 2.08. The van der Waals surface area contributed by atoms with Crippen LogP contribution in [-0.4, -0.2) is 23.9 Å². The lowest BCUT2D eigenvalue weighted by atomic mass is 10.1. The van der Waals surface area contributed by atoms with Crippen LogP contribution < -0.4 is 0 Å². The first-order valence-electron chi connectivity index (χ1n) is 6.96. The number of rotatable bonds is 7. The average Bonchev–Trinajstić information content (AvgIpc) is 2.28. The van der Waals surface area contributed by atoms with Crippen molar-refractivity contribution in [1.82, 2.24) is 4.90 Å². The van der Waals surface area contributed by atoms with Crippen molar-refractivity contribution in [2.45, 2.75) is 54.4 Å². The summed E-state index contributed by atoms with van der Waals surface area (Å²) in [6, 6.07) is 0. The third-order valence-corrected chi connectivity index (χ3v) is 2.94. The Bertz CT molecular complexity index is 309. The van der Waals surface area contributed by atoms with Crippen molar-refractivity contribution in [3.05, 3.63) is 23.3 Å². The molecule has 18 heavy (non-hydrogen) atoms. The monoisotopic (exact) mass is 251 g/mol. The topological polar surface area (TPSA) is 20.3 Å². The summed E-state index contributed by atoms with van der Waals surface area (Å²) in [6.07, 6.45) is 6.62. The van der Waals surface area contributed by atoms with Gasteiger partial charge >= 0.3 is 0 Å². The summed E-state index contributed by atoms with van der Waals surface area (Å²) in [7, 11) is 0. The zero-order chi connectivity index (χ0) is 14.1. The van der Waals surface area contributed by atoms with Gasteiger partial charge in [0.05, 0.1) is 0 Å². The van der Waals surface area contributed by atoms with Gasteiger partial charge in [-0.05, 0) is 40.5 Å². The van der Waals surface area contributed by atoms with Crippen LogP contribution in [0.5, 0.6) is 0 Å². The van der Waals surface area contributed by atoms with Gasteiger partial charge in [0.2, 0.25) is 5.91 Å². The van der Waals surface area contributed by atoms with Gasteiger partial charge in [0.1, 0.15) is 0 Å². The Kier molecular flexibility index (Phi) is 8.43. The molecule has 0 heterocycles. The van der Waals surface area contributed by atoms with Crippen molar-refractivity contribution < 1.29 is 4.79 Å². The lowest BCUT2D eigenvalue weighted by Gasteiger charge is -2.21. The Morgan fingerprint density at radius 2 is 1.78 bits per heavy atom. The summed E-state index contributed by atoms with van der Waals surface area (Å²) >= 11 is 0. The number of likely N-dealkylation sites (N-methyl/N-ethyl adjacent to an activating group) is 1. The molecule has 1 amide bonds. The fraction of sp³-hybridized carbons (Fsp3) is 0.688. The van der Waals surface area contributed by atoms with Crippen LogP contribution in [0.1, 0.15) is 54.4 Å². The molecule has 0 unspecified atom stereocenters. The first kappa shape index (κ1) is 16.9. The van der Waals surface area contributed by atoms with Crippen LogP contribution in [0.15, 0.2) is 23.3 Å². The van der Waals surface area contributed by atoms with E-state index in [4.69, 9.17) is 0 Å². The Balaban J connectivity index is 4.24. The molecule has 2 heteroatoms. The first-order valence-corrected chi connectivity index (χ1v) is 6.96. The second-order valence-corrected chi connectivity index (χ2v) is 5.40. The van der Waals surface area contributed by atoms with Gasteiger partial charge in [0.15, 0.2) is 0 Å². The second kappa shape index (κ2) is 8.96. The van der Waals surface area contributed by atoms with E-state index in [0.29, 0.717) is 0 Å². The van der Waals surface area contributed by atoms with Crippen molar-refractivity contribution in [3.63, 3.8) is 0 Å². The number of carbonyl (C=O) groups excluding carboxylic acids is 1. The van der Waals surface area contributed by atoms with Gasteiger partial charge in [-0.15, -0.1) is 0 Å². The molecule has 104 valence electrons. The van der Waals surface area contributed by atoms with Gasteiger partial charge < -0.3 is 4.90 Å². The minimum absolute atomic E-state index is 0.0873. The summed E-state index contributed by atoms with van der Waals surface area (Å²) in [5.74, 6) is 0.329. The molecular weight excluding hydrogens is 222 g/mol. The Labute approximate surface area is 113 Å². The minimum atomic E-state index is 0.0873. The molecule has 0 aromatic heterocycles. The van der Waals surface area contributed by atoms with Gasteiger partial charge in [-0.3, -0.25) is 4.79 Å². The van der Waals surface area contributed by atoms with Gasteiger partial charge in [-0.1, -0.05) is 37.1 Å². The van der Waals surface area contributed by atoms with Crippen LogP contribution >= 0.6 is 0 Å². The maximum absolute atomic E-state index is 11.9. The zero-order valence-electron chi connectivity index (χ0n) is 12.9. The van der Waals surface area contributed by atoms with E-state index in [1.54, 1.807) is 0 Å². The molecule has 0 saturated carbocycles. The van der Waals surface area contributed by atoms with Crippen molar-refractivity contribution in [2.24, 2.45) is 5.92 Å². The number of nitrogens with zero attached hydrogens (tertiary/aromatic N) is 1. The second-order valence-electron chi connectivity index (χ2n) is 5.40. The lowest BCUT2D eigenvalue weighted by Crippen LogP contribution is -2.34. The molecule has 2 nitrogen and oxygen atoms in total. The Morgan fingerprint density at radius 3 is 2.22 bits per heavy atom. The molecule has 0 bridgehead atoms. The van der Waals surface area contributed by atoms with E-state index in [9.17, 15) is 4.79 Å². The third-order valence-electron chi connectivity index (χ3n) is 2.94. The van der Waals surface area contributed by atoms with E-state index in [0.717, 1.165) is 25.9 Å². The van der Waals surface area contributed by atoms with Crippen LogP contribution in [0, 0.1) is 5.92 Å². The van der Waals surface area contributed by atoms with Gasteiger partial charge in [0.25, 0.3) is 0 Å². The van der Waals surface area contributed by atoms with Crippen molar-refractivity contribution in [3.8, 4) is 0 Å². The summed E-state index contributed by atoms with van der Waals surface area (Å²) in [5.41, 5.74) is 2.73. The minimum Gasteiger partial charge on any atom is -0.339 e. The lowest BCUT2D eigenvalue weighted by molar-refractivity contribution is -0.133. The molecule has 0 aromatic rings. The fourth-order valence-electron chi connectivity index (χ4n) is 1.70. The third kappa shape index (κ3) is 7.31. The average molecular weight is 251 g/mol. The van der Waals surface area contributed by atoms with Crippen LogP contribution in [0.4, 0.5) is 0 Å². The van der Waals surface area contributed by atoms with E-state index in [1.165, 1.54) is 11.1 Å². The van der Waals surface area contributed by atoms with Crippen LogP contribution in [-0.2, 0) is 4.79 Å². The van der Waals surface area contributed by atoms with Crippen LogP contribution in [0.25, 0.3) is 0 Å². The SMILES string of the molecule is CCN(C/C=C(/C)CCC=C(C)C)C(=O)C(C)C. The van der Waals surface area contributed by atoms with E-state index in [-0.39, 0.29) is 11.8 Å². The highest BCUT2D eigenvalue weighted by atomic mass is 16.2. The fourth-order valence-corrected chi connectivity index (χ4v) is 1.70. The normalized spacial score (nSPS) is 11.6. The van der Waals surface area contributed by atoms with Crippen LogP contribution in [0.3, 0.4) is 0 Å². The number of amides is 1. The summed E-state index contributed by atoms with van der Waals surface area (Å²) < 4.78 is 0. The number of hydrogen-bond donors (Lipinski definition) is 0. The summed E-state index contributed by atoms with van der Waals surface area (Å²) in [5, 5.41) is 0. The van der Waals surface area contributed by atoms with E-state index in [1.807, 2.05) is 25.7 Å². The first-order chi connectivity index (χ1) is 8.38. The van der Waals surface area contributed by atoms with E-state index in [2.05, 4.69) is 32.9 Å². The molecule has 0 aliphatic carbocycles. The maximum Gasteiger partial charge on any atom is 0.225 e. The van der Waals surface area contributed by atoms with E-state index >= 15 is 0 Å². The van der Waals surface area contributed by atoms with Gasteiger partial charge in [-0.2, -0.15) is 0 Å². The largest absolute Gasteiger partial charge is 0.339 e. The molecule has 0 radical (unpaired) electrons. The van der Waals surface area contributed by atoms with Crippen molar-refractivity contribution in [2.75, 3.05) is 13.1 Å². The maximum atomic E-state index is 11.9. The molecule has 0 saturated heterocycles. The number of allylic oxidation sites excluding steroid dienone is 3. The smallest absolute Gasteiger partial charge is 0.225 e. The van der Waals surface area contributed by atoms with Crippen molar-refractivity contribution in [1.29, 1.82) is 0 Å². The molecule has 0 rings (SSSR count). The van der Waals surface area contributed by atoms with Crippen molar-refractivity contribution >= 4 is 5.91 Å². The number of hydrogen-bond acceptors (Lipinski definition) is 1. The molecule has 0 spiro atoms. The molecule has 0 aliphatic rings. The van der Waals surface area contributed by atoms with Crippen LogP contribution in [0.2, 0.25) is 0 Å². The standard InChI is InChI=1S/C16H29NO/c1-7-17(16(18)14(4)5)12-11-15(6)10-8-9-13(2)3/h9,11,14H,7-8,10,12H2,1-6H3/b15-11-. The van der Waals surface area contributed by atoms with Gasteiger partial charge in [0, 0.05) is 19.0 Å². The highest BCUT2D eigenvalue weighted by Gasteiger charge is 2.13. The highest BCUT2D eigenvalue weighted by molar-refractivity contribution is 5.78. The van der Waals surface area contributed by atoms with Gasteiger partial charge in [-0.25, -0.2) is 0 Å². The summed E-state index contributed by atoms with van der Waals surface area (Å²) in [4.78, 5) is 13.8. The zero-order valence-corrected chi connectivity index (χ0v) is 12.9. The molecule has 0 aromatic carbocycles. The Morgan fingerprint density at radius 1 is 1.17 bits per heavy atom. The molecule has 0 fully saturated rings. The molecule has 0 N–H and O–H groups in total. The quantitative estimate of drug-likeness (QED) is 0.621. The predicted molar refractivity (Wildman–Crippen MR) is 79.5 cm³/mol. The van der Waals surface area contributed by atoms with E-state index < -0.39 is 0 Å². The Hall–Kier alpha value is -1.05.